The lowest BCUT2D eigenvalue weighted by Crippen LogP contribution is -2.04. The van der Waals surface area contributed by atoms with Crippen LogP contribution in [0.2, 0.25) is 0 Å². The molecule has 0 atom stereocenters. The van der Waals surface area contributed by atoms with Crippen LogP contribution in [0.3, 0.4) is 0 Å². The zero-order chi connectivity index (χ0) is 18.8. The van der Waals surface area contributed by atoms with Gasteiger partial charge in [0, 0.05) is 5.69 Å². The molecule has 4 rings (SSSR count). The minimum atomic E-state index is -0.370. The second-order valence-corrected chi connectivity index (χ2v) is 5.94. The molecule has 0 radical (unpaired) electrons. The topological polar surface area (TPSA) is 81.9 Å². The molecule has 2 heterocycles. The number of carbonyl (C=O) groups excluding carboxylic acids is 1. The molecule has 7 nitrogen and oxygen atoms in total. The van der Waals surface area contributed by atoms with Crippen LogP contribution in [-0.4, -0.2) is 32.6 Å². The van der Waals surface area contributed by atoms with Gasteiger partial charge in [0.25, 0.3) is 0 Å². The predicted octanol–water partition coefficient (Wildman–Crippen LogP) is 3.65. The van der Waals surface area contributed by atoms with Crippen LogP contribution >= 0.6 is 0 Å². The molecular weight excluding hydrogens is 342 g/mol. The summed E-state index contributed by atoms with van der Waals surface area (Å²) in [7, 11) is 1.36. The highest BCUT2D eigenvalue weighted by atomic mass is 16.5. The van der Waals surface area contributed by atoms with E-state index >= 15 is 0 Å². The molecule has 0 aliphatic heterocycles. The van der Waals surface area contributed by atoms with Gasteiger partial charge >= 0.3 is 5.97 Å². The fraction of sp³-hybridized carbons (Fsp3) is 0.100. The number of nitrogens with one attached hydrogen (secondary N) is 1. The lowest BCUT2D eigenvalue weighted by molar-refractivity contribution is 0.0601. The number of methoxy groups -OCH3 is 1. The smallest absolute Gasteiger partial charge is 0.337 e. The van der Waals surface area contributed by atoms with Gasteiger partial charge in [0.1, 0.15) is 5.82 Å². The van der Waals surface area contributed by atoms with Gasteiger partial charge in [0.15, 0.2) is 11.6 Å². The molecule has 0 bridgehead atoms. The van der Waals surface area contributed by atoms with Crippen LogP contribution in [0.25, 0.3) is 16.9 Å². The zero-order valence-corrected chi connectivity index (χ0v) is 14.9. The van der Waals surface area contributed by atoms with Gasteiger partial charge in [0.2, 0.25) is 0 Å². The highest BCUT2D eigenvalue weighted by Gasteiger charge is 2.11. The minimum absolute atomic E-state index is 0.370. The molecule has 4 aromatic rings. The van der Waals surface area contributed by atoms with Crippen molar-refractivity contribution in [2.24, 2.45) is 0 Å². The summed E-state index contributed by atoms with van der Waals surface area (Å²) in [5.41, 5.74) is 3.17. The van der Waals surface area contributed by atoms with E-state index in [1.54, 1.807) is 36.7 Å². The molecule has 27 heavy (non-hydrogen) atoms. The Morgan fingerprint density at radius 3 is 2.59 bits per heavy atom. The Kier molecular flexibility index (Phi) is 4.25. The summed E-state index contributed by atoms with van der Waals surface area (Å²) in [6, 6.07) is 14.9. The average molecular weight is 359 g/mol. The number of para-hydroxylation sites is 2. The Morgan fingerprint density at radius 2 is 1.81 bits per heavy atom. The van der Waals surface area contributed by atoms with Crippen LogP contribution in [0.1, 0.15) is 16.2 Å². The first kappa shape index (κ1) is 16.7. The maximum atomic E-state index is 11.5. The summed E-state index contributed by atoms with van der Waals surface area (Å²) in [4.78, 5) is 25.0. The highest BCUT2D eigenvalue weighted by molar-refractivity contribution is 5.89. The molecule has 0 saturated carbocycles. The van der Waals surface area contributed by atoms with Gasteiger partial charge in [-0.05, 0) is 43.3 Å². The van der Waals surface area contributed by atoms with Crippen molar-refractivity contribution in [2.75, 3.05) is 12.4 Å². The van der Waals surface area contributed by atoms with Gasteiger partial charge in [0.05, 0.1) is 36.1 Å². The second kappa shape index (κ2) is 6.87. The largest absolute Gasteiger partial charge is 0.465 e. The molecule has 0 unspecified atom stereocenters. The molecule has 2 aromatic heterocycles. The van der Waals surface area contributed by atoms with Crippen molar-refractivity contribution in [1.82, 2.24) is 19.5 Å². The first-order valence-electron chi connectivity index (χ1n) is 8.37. The Bertz CT molecular complexity index is 1120. The van der Waals surface area contributed by atoms with Crippen LogP contribution in [-0.2, 0) is 4.74 Å². The SMILES string of the molecule is COC(=O)c1ccc(Nc2cncc(-n3c(C)nc4ccccc43)n2)cc1. The lowest BCUT2D eigenvalue weighted by Gasteiger charge is -2.09. The van der Waals surface area contributed by atoms with E-state index in [4.69, 9.17) is 4.74 Å². The van der Waals surface area contributed by atoms with Gasteiger partial charge in [-0.2, -0.15) is 0 Å². The minimum Gasteiger partial charge on any atom is -0.465 e. The Hall–Kier alpha value is -3.74. The van der Waals surface area contributed by atoms with E-state index in [2.05, 4.69) is 20.3 Å². The number of esters is 1. The van der Waals surface area contributed by atoms with Crippen molar-refractivity contribution in [3.8, 4) is 5.82 Å². The third kappa shape index (κ3) is 3.22. The third-order valence-electron chi connectivity index (χ3n) is 4.16. The molecule has 0 aliphatic carbocycles. The van der Waals surface area contributed by atoms with Gasteiger partial charge in [-0.1, -0.05) is 12.1 Å². The summed E-state index contributed by atoms with van der Waals surface area (Å²) in [5, 5.41) is 3.20. The number of hydrogen-bond donors (Lipinski definition) is 1. The lowest BCUT2D eigenvalue weighted by atomic mass is 10.2. The number of ether oxygens (including phenoxy) is 1. The number of benzene rings is 2. The van der Waals surface area contributed by atoms with Crippen LogP contribution in [0.4, 0.5) is 11.5 Å². The van der Waals surface area contributed by atoms with Crippen molar-refractivity contribution in [3.05, 3.63) is 72.3 Å². The van der Waals surface area contributed by atoms with Crippen LogP contribution in [0.5, 0.6) is 0 Å². The number of hydrogen-bond acceptors (Lipinski definition) is 6. The predicted molar refractivity (Wildman–Crippen MR) is 102 cm³/mol. The number of aromatic nitrogens is 4. The Morgan fingerprint density at radius 1 is 1.04 bits per heavy atom. The van der Waals surface area contributed by atoms with Crippen molar-refractivity contribution in [3.63, 3.8) is 0 Å². The van der Waals surface area contributed by atoms with Crippen molar-refractivity contribution in [1.29, 1.82) is 0 Å². The molecule has 7 heteroatoms. The number of carbonyl (C=O) groups is 1. The molecular formula is C20H17N5O2. The van der Waals surface area contributed by atoms with E-state index in [-0.39, 0.29) is 5.97 Å². The number of nitrogens with zero attached hydrogens (tertiary/aromatic N) is 4. The maximum Gasteiger partial charge on any atom is 0.337 e. The molecule has 134 valence electrons. The summed E-state index contributed by atoms with van der Waals surface area (Å²) < 4.78 is 6.67. The van der Waals surface area contributed by atoms with E-state index in [1.807, 2.05) is 35.8 Å². The number of rotatable bonds is 4. The Balaban J connectivity index is 1.65. The van der Waals surface area contributed by atoms with Crippen LogP contribution in [0.15, 0.2) is 60.9 Å². The summed E-state index contributed by atoms with van der Waals surface area (Å²) in [6.45, 7) is 1.94. The second-order valence-electron chi connectivity index (χ2n) is 5.94. The monoisotopic (exact) mass is 359 g/mol. The van der Waals surface area contributed by atoms with E-state index in [0.29, 0.717) is 17.2 Å². The summed E-state index contributed by atoms with van der Waals surface area (Å²) in [6.07, 6.45) is 3.35. The molecule has 2 aromatic carbocycles. The molecule has 0 spiro atoms. The number of anilines is 2. The number of imidazole rings is 1. The van der Waals surface area contributed by atoms with Crippen molar-refractivity contribution < 1.29 is 9.53 Å². The van der Waals surface area contributed by atoms with E-state index in [0.717, 1.165) is 22.5 Å². The summed E-state index contributed by atoms with van der Waals surface area (Å²) >= 11 is 0. The molecule has 0 saturated heterocycles. The number of fused-ring (bicyclic) bond motifs is 1. The zero-order valence-electron chi connectivity index (χ0n) is 14.9. The van der Waals surface area contributed by atoms with Crippen molar-refractivity contribution >= 4 is 28.5 Å². The van der Waals surface area contributed by atoms with Crippen LogP contribution < -0.4 is 5.32 Å². The summed E-state index contributed by atoms with van der Waals surface area (Å²) in [5.74, 6) is 1.74. The normalized spacial score (nSPS) is 10.7. The fourth-order valence-corrected chi connectivity index (χ4v) is 2.91. The van der Waals surface area contributed by atoms with Crippen LogP contribution in [0, 0.1) is 6.92 Å². The van der Waals surface area contributed by atoms with E-state index in [1.165, 1.54) is 7.11 Å². The van der Waals surface area contributed by atoms with E-state index in [9.17, 15) is 4.79 Å². The molecule has 1 N–H and O–H groups in total. The Labute approximate surface area is 155 Å². The standard InChI is InChI=1S/C20H17N5O2/c1-13-22-16-5-3-4-6-17(16)25(13)19-12-21-11-18(24-19)23-15-9-7-14(8-10-15)20(26)27-2/h3-12H,1-2H3,(H,23,24). The highest BCUT2D eigenvalue weighted by Crippen LogP contribution is 2.21. The third-order valence-corrected chi connectivity index (χ3v) is 4.16. The van der Waals surface area contributed by atoms with Gasteiger partial charge in [-0.3, -0.25) is 9.55 Å². The van der Waals surface area contributed by atoms with Gasteiger partial charge in [-0.15, -0.1) is 0 Å². The first-order chi connectivity index (χ1) is 13.2. The fourth-order valence-electron chi connectivity index (χ4n) is 2.91. The van der Waals surface area contributed by atoms with E-state index < -0.39 is 0 Å². The molecule has 0 aliphatic rings. The molecule has 0 fully saturated rings. The quantitative estimate of drug-likeness (QED) is 0.560. The van der Waals surface area contributed by atoms with Crippen molar-refractivity contribution in [2.45, 2.75) is 6.92 Å². The van der Waals surface area contributed by atoms with Gasteiger partial charge < -0.3 is 10.1 Å². The molecule has 0 amide bonds. The van der Waals surface area contributed by atoms with Gasteiger partial charge in [-0.25, -0.2) is 14.8 Å². The average Bonchev–Trinajstić information content (AvgIpc) is 3.04. The maximum absolute atomic E-state index is 11.5. The first-order valence-corrected chi connectivity index (χ1v) is 8.37. The number of aryl methyl sites for hydroxylation is 1.